The third-order valence-electron chi connectivity index (χ3n) is 3.41. The van der Waals surface area contributed by atoms with E-state index in [0.29, 0.717) is 3.39 Å². The van der Waals surface area contributed by atoms with Crippen LogP contribution in [0.15, 0.2) is 21.4 Å². The minimum Gasteiger partial charge on any atom is -0.441 e. The summed E-state index contributed by atoms with van der Waals surface area (Å²) in [5.41, 5.74) is -0.451. The highest BCUT2D eigenvalue weighted by atomic mass is 79.9. The van der Waals surface area contributed by atoms with E-state index >= 15 is 0 Å². The second-order valence-electron chi connectivity index (χ2n) is 5.34. The Labute approximate surface area is 142 Å². The molecule has 0 N–H and O–H groups in total. The van der Waals surface area contributed by atoms with Gasteiger partial charge in [0.15, 0.2) is 5.83 Å². The average molecular weight is 448 g/mol. The number of carbonyl (C=O) groups is 1. The third-order valence-corrected chi connectivity index (χ3v) is 3.94. The van der Waals surface area contributed by atoms with Crippen LogP contribution in [0.1, 0.15) is 13.8 Å². The number of allylic oxidation sites excluding steroid dienone is 2. The minimum absolute atomic E-state index is 0.193. The van der Waals surface area contributed by atoms with Crippen LogP contribution < -0.4 is 0 Å². The Hall–Kier alpha value is -0.810. The zero-order chi connectivity index (χ0) is 17.3. The molecule has 2 nitrogen and oxygen atoms in total. The number of terminal acetylenes is 1. The topological polar surface area (TPSA) is 26.3 Å². The molecule has 1 rings (SSSR count). The first-order chi connectivity index (χ1) is 9.90. The molecule has 0 spiro atoms. The zero-order valence-corrected chi connectivity index (χ0v) is 14.7. The van der Waals surface area contributed by atoms with Crippen LogP contribution >= 0.6 is 31.9 Å². The largest absolute Gasteiger partial charge is 0.441 e. The summed E-state index contributed by atoms with van der Waals surface area (Å²) in [7, 11) is 0. The molecule has 0 aliphatic heterocycles. The Morgan fingerprint density at radius 2 is 1.95 bits per heavy atom. The van der Waals surface area contributed by atoms with Crippen molar-refractivity contribution in [2.24, 2.45) is 17.3 Å². The number of hydrogen-bond acceptors (Lipinski definition) is 2. The maximum atomic E-state index is 13.4. The van der Waals surface area contributed by atoms with E-state index in [4.69, 9.17) is 11.2 Å². The Balaban J connectivity index is 2.82. The van der Waals surface area contributed by atoms with Crippen LogP contribution in [-0.2, 0) is 9.53 Å². The molecular formula is C14H12Br2F4O2. The fraction of sp³-hybridized carbons (Fsp3) is 0.500. The molecule has 1 saturated carbocycles. The van der Waals surface area contributed by atoms with E-state index < -0.39 is 41.5 Å². The Morgan fingerprint density at radius 1 is 1.41 bits per heavy atom. The van der Waals surface area contributed by atoms with Gasteiger partial charge in [0, 0.05) is 0 Å². The molecule has 8 heteroatoms. The quantitative estimate of drug-likeness (QED) is 0.350. The van der Waals surface area contributed by atoms with Crippen molar-refractivity contribution >= 4 is 37.8 Å². The molecule has 0 saturated heterocycles. The molecule has 122 valence electrons. The summed E-state index contributed by atoms with van der Waals surface area (Å²) in [4.78, 5) is 12.0. The first kappa shape index (κ1) is 19.2. The number of alkyl halides is 3. The van der Waals surface area contributed by atoms with Gasteiger partial charge in [0.05, 0.1) is 15.4 Å². The van der Waals surface area contributed by atoms with Gasteiger partial charge >= 0.3 is 12.1 Å². The van der Waals surface area contributed by atoms with Crippen molar-refractivity contribution in [1.82, 2.24) is 0 Å². The second-order valence-corrected chi connectivity index (χ2v) is 8.11. The Kier molecular flexibility index (Phi) is 5.90. The van der Waals surface area contributed by atoms with Gasteiger partial charge in [0.2, 0.25) is 6.10 Å². The summed E-state index contributed by atoms with van der Waals surface area (Å²) in [6.45, 7) is 3.58. The van der Waals surface area contributed by atoms with Crippen LogP contribution in [0.5, 0.6) is 0 Å². The van der Waals surface area contributed by atoms with Crippen LogP contribution in [-0.4, -0.2) is 18.2 Å². The highest BCUT2D eigenvalue weighted by Crippen LogP contribution is 2.60. The lowest BCUT2D eigenvalue weighted by Crippen LogP contribution is -2.21. The SMILES string of the molecule is C#CC(OC(=O)C1C(C=C(Br)Br)C1(C)C)/C(F)=C/C(F)(F)F. The summed E-state index contributed by atoms with van der Waals surface area (Å²) >= 11 is 6.33. The van der Waals surface area contributed by atoms with Crippen molar-refractivity contribution in [1.29, 1.82) is 0 Å². The Morgan fingerprint density at radius 3 is 2.36 bits per heavy atom. The van der Waals surface area contributed by atoms with Gasteiger partial charge in [-0.05, 0) is 43.2 Å². The zero-order valence-electron chi connectivity index (χ0n) is 11.5. The molecule has 0 heterocycles. The highest BCUT2D eigenvalue weighted by Gasteiger charge is 2.61. The molecule has 22 heavy (non-hydrogen) atoms. The average Bonchev–Trinajstić information content (AvgIpc) is 2.84. The third kappa shape index (κ3) is 4.85. The summed E-state index contributed by atoms with van der Waals surface area (Å²) in [5.74, 6) is -1.66. The number of hydrogen-bond donors (Lipinski definition) is 0. The maximum Gasteiger partial charge on any atom is 0.412 e. The molecule has 0 aromatic carbocycles. The van der Waals surface area contributed by atoms with Crippen molar-refractivity contribution in [3.05, 3.63) is 21.4 Å². The lowest BCUT2D eigenvalue weighted by Gasteiger charge is -2.12. The maximum absolute atomic E-state index is 13.4. The summed E-state index contributed by atoms with van der Waals surface area (Å²) in [6.07, 6.45) is -0.815. The molecule has 3 unspecified atom stereocenters. The molecule has 0 bridgehead atoms. The predicted molar refractivity (Wildman–Crippen MR) is 80.7 cm³/mol. The van der Waals surface area contributed by atoms with Crippen LogP contribution in [0.2, 0.25) is 0 Å². The van der Waals surface area contributed by atoms with E-state index in [1.54, 1.807) is 25.8 Å². The fourth-order valence-electron chi connectivity index (χ4n) is 2.17. The van der Waals surface area contributed by atoms with E-state index in [2.05, 4.69) is 31.9 Å². The number of rotatable bonds is 4. The van der Waals surface area contributed by atoms with E-state index in [1.807, 2.05) is 0 Å². The highest BCUT2D eigenvalue weighted by molar-refractivity contribution is 9.28. The minimum atomic E-state index is -4.88. The van der Waals surface area contributed by atoms with Crippen molar-refractivity contribution in [2.45, 2.75) is 26.1 Å². The van der Waals surface area contributed by atoms with E-state index in [0.717, 1.165) is 0 Å². The first-order valence-electron chi connectivity index (χ1n) is 6.04. The standard InChI is InChI=1S/C14H12Br2F4O2/c1-4-9(8(17)6-14(18,19)20)22-12(21)11-7(5-10(15)16)13(11,2)3/h1,5-7,9,11H,2-3H3/b8-6-. The van der Waals surface area contributed by atoms with Crippen LogP contribution in [0.25, 0.3) is 0 Å². The summed E-state index contributed by atoms with van der Waals surface area (Å²) in [5, 5.41) is 0. The smallest absolute Gasteiger partial charge is 0.412 e. The predicted octanol–water partition coefficient (Wildman–Crippen LogP) is 4.85. The summed E-state index contributed by atoms with van der Waals surface area (Å²) in [6, 6.07) is 0. The molecule has 0 amide bonds. The van der Waals surface area contributed by atoms with Crippen molar-refractivity contribution in [3.8, 4) is 12.3 Å². The second kappa shape index (κ2) is 6.75. The number of halogens is 6. The molecular weight excluding hydrogens is 436 g/mol. The fourth-order valence-corrected chi connectivity index (χ4v) is 2.74. The van der Waals surface area contributed by atoms with Gasteiger partial charge in [-0.25, -0.2) is 4.39 Å². The van der Waals surface area contributed by atoms with Crippen molar-refractivity contribution < 1.29 is 27.1 Å². The van der Waals surface area contributed by atoms with Gasteiger partial charge in [0.25, 0.3) is 0 Å². The lowest BCUT2D eigenvalue weighted by molar-refractivity contribution is -0.148. The number of carbonyl (C=O) groups excluding carboxylic acids is 1. The first-order valence-corrected chi connectivity index (χ1v) is 7.63. The van der Waals surface area contributed by atoms with Gasteiger partial charge in [-0.15, -0.1) is 6.42 Å². The van der Waals surface area contributed by atoms with Crippen LogP contribution in [0.3, 0.4) is 0 Å². The van der Waals surface area contributed by atoms with E-state index in [1.165, 1.54) is 0 Å². The molecule has 1 aliphatic rings. The summed E-state index contributed by atoms with van der Waals surface area (Å²) < 4.78 is 55.0. The molecule has 0 aromatic rings. The van der Waals surface area contributed by atoms with Gasteiger partial charge < -0.3 is 4.74 Å². The number of esters is 1. The van der Waals surface area contributed by atoms with Crippen LogP contribution in [0.4, 0.5) is 17.6 Å². The van der Waals surface area contributed by atoms with Gasteiger partial charge in [-0.3, -0.25) is 4.79 Å². The molecule has 1 fully saturated rings. The van der Waals surface area contributed by atoms with Crippen molar-refractivity contribution in [2.75, 3.05) is 0 Å². The van der Waals surface area contributed by atoms with Gasteiger partial charge in [-0.1, -0.05) is 25.8 Å². The molecule has 0 aromatic heterocycles. The normalized spacial score (nSPS) is 25.0. The van der Waals surface area contributed by atoms with Crippen LogP contribution in [0, 0.1) is 29.6 Å². The van der Waals surface area contributed by atoms with E-state index in [9.17, 15) is 22.4 Å². The molecule has 1 aliphatic carbocycles. The van der Waals surface area contributed by atoms with Gasteiger partial charge in [-0.2, -0.15) is 13.2 Å². The Bertz CT molecular complexity index is 554. The molecule has 0 radical (unpaired) electrons. The molecule has 3 atom stereocenters. The number of ether oxygens (including phenoxy) is 1. The van der Waals surface area contributed by atoms with Gasteiger partial charge in [0.1, 0.15) is 0 Å². The lowest BCUT2D eigenvalue weighted by atomic mass is 10.1. The monoisotopic (exact) mass is 446 g/mol. The van der Waals surface area contributed by atoms with E-state index in [-0.39, 0.29) is 5.92 Å². The van der Waals surface area contributed by atoms with Crippen molar-refractivity contribution in [3.63, 3.8) is 0 Å².